The van der Waals surface area contributed by atoms with Gasteiger partial charge in [-0.2, -0.15) is 8.42 Å². The van der Waals surface area contributed by atoms with Crippen molar-refractivity contribution in [3.05, 3.63) is 29.8 Å². The minimum absolute atomic E-state index is 0.0724. The first kappa shape index (κ1) is 15.1. The van der Waals surface area contributed by atoms with Gasteiger partial charge in [-0.1, -0.05) is 32.9 Å². The van der Waals surface area contributed by atoms with Gasteiger partial charge in [0.1, 0.15) is 0 Å². The van der Waals surface area contributed by atoms with Gasteiger partial charge in [-0.05, 0) is 36.6 Å². The number of hydrogen-bond acceptors (Lipinski definition) is 3. The molecule has 102 valence electrons. The Hall–Kier alpha value is -0.910. The lowest BCUT2D eigenvalue weighted by molar-refractivity contribution is 0.320. The first-order valence-electron chi connectivity index (χ1n) is 5.88. The number of hydrogen-bond donors (Lipinski definition) is 2. The Morgan fingerprint density at radius 1 is 1.22 bits per heavy atom. The molecule has 1 aromatic rings. The molecular weight excluding hydrogens is 250 g/mol. The van der Waals surface area contributed by atoms with E-state index in [0.717, 1.165) is 12.0 Å². The Bertz CT molecular complexity index is 486. The van der Waals surface area contributed by atoms with Crippen LogP contribution in [0.5, 0.6) is 0 Å². The van der Waals surface area contributed by atoms with Crippen LogP contribution in [0.25, 0.3) is 0 Å². The molecule has 2 N–H and O–H groups in total. The van der Waals surface area contributed by atoms with Crippen molar-refractivity contribution in [1.82, 2.24) is 5.32 Å². The van der Waals surface area contributed by atoms with Gasteiger partial charge in [-0.25, -0.2) is 0 Å². The zero-order valence-electron chi connectivity index (χ0n) is 11.3. The molecule has 18 heavy (non-hydrogen) atoms. The van der Waals surface area contributed by atoms with Gasteiger partial charge in [0.05, 0.1) is 4.90 Å². The molecule has 0 saturated carbocycles. The van der Waals surface area contributed by atoms with Crippen molar-refractivity contribution >= 4 is 10.1 Å². The second-order valence-electron chi connectivity index (χ2n) is 5.65. The van der Waals surface area contributed by atoms with Crippen molar-refractivity contribution in [2.75, 3.05) is 7.05 Å². The summed E-state index contributed by atoms with van der Waals surface area (Å²) in [7, 11) is -2.23. The topological polar surface area (TPSA) is 66.4 Å². The summed E-state index contributed by atoms with van der Waals surface area (Å²) in [5, 5.41) is 3.22. The summed E-state index contributed by atoms with van der Waals surface area (Å²) in [6.45, 7) is 6.47. The van der Waals surface area contributed by atoms with E-state index in [-0.39, 0.29) is 16.4 Å². The van der Waals surface area contributed by atoms with Crippen LogP contribution in [-0.2, 0) is 10.1 Å². The van der Waals surface area contributed by atoms with E-state index in [1.807, 2.05) is 7.05 Å². The molecule has 0 aliphatic heterocycles. The van der Waals surface area contributed by atoms with Gasteiger partial charge in [0, 0.05) is 6.04 Å². The predicted octanol–water partition coefficient (Wildman–Crippen LogP) is 2.63. The van der Waals surface area contributed by atoms with E-state index >= 15 is 0 Å². The van der Waals surface area contributed by atoms with E-state index in [2.05, 4.69) is 26.1 Å². The van der Waals surface area contributed by atoms with Crippen LogP contribution < -0.4 is 5.32 Å². The largest absolute Gasteiger partial charge is 0.313 e. The van der Waals surface area contributed by atoms with Gasteiger partial charge < -0.3 is 5.32 Å². The van der Waals surface area contributed by atoms with Gasteiger partial charge in [-0.15, -0.1) is 0 Å². The normalized spacial score (nSPS) is 14.5. The Kier molecular flexibility index (Phi) is 4.53. The van der Waals surface area contributed by atoms with E-state index in [1.165, 1.54) is 12.1 Å². The van der Waals surface area contributed by atoms with Crippen LogP contribution in [0.1, 0.15) is 38.8 Å². The predicted molar refractivity (Wildman–Crippen MR) is 72.1 cm³/mol. The zero-order chi connectivity index (χ0) is 14.0. The molecule has 0 bridgehead atoms. The van der Waals surface area contributed by atoms with E-state index in [1.54, 1.807) is 12.1 Å². The standard InChI is InChI=1S/C13H21NO3S/c1-13(2,3)9-12(14-4)10-5-7-11(8-6-10)18(15,16)17/h5-8,12,14H,9H2,1-4H3,(H,15,16,17). The van der Waals surface area contributed by atoms with Crippen LogP contribution in [0, 0.1) is 5.41 Å². The summed E-state index contributed by atoms with van der Waals surface area (Å²) in [5.74, 6) is 0. The van der Waals surface area contributed by atoms with Crippen LogP contribution >= 0.6 is 0 Å². The van der Waals surface area contributed by atoms with Gasteiger partial charge in [0.25, 0.3) is 10.1 Å². The lowest BCUT2D eigenvalue weighted by Gasteiger charge is -2.26. The fourth-order valence-electron chi connectivity index (χ4n) is 1.87. The van der Waals surface area contributed by atoms with Crippen molar-refractivity contribution in [2.24, 2.45) is 5.41 Å². The Balaban J connectivity index is 2.96. The first-order chi connectivity index (χ1) is 8.13. The smallest absolute Gasteiger partial charge is 0.294 e. The average molecular weight is 271 g/mol. The van der Waals surface area contributed by atoms with E-state index < -0.39 is 10.1 Å². The van der Waals surface area contributed by atoms with Crippen molar-refractivity contribution in [3.8, 4) is 0 Å². The molecule has 1 rings (SSSR count). The third-order valence-electron chi connectivity index (χ3n) is 2.75. The summed E-state index contributed by atoms with van der Waals surface area (Å²) in [5.41, 5.74) is 1.19. The lowest BCUT2D eigenvalue weighted by Crippen LogP contribution is -2.22. The Morgan fingerprint density at radius 3 is 2.06 bits per heavy atom. The van der Waals surface area contributed by atoms with E-state index in [9.17, 15) is 8.42 Å². The Labute approximate surface area is 109 Å². The molecule has 0 spiro atoms. The van der Waals surface area contributed by atoms with E-state index in [0.29, 0.717) is 0 Å². The summed E-state index contributed by atoms with van der Waals surface area (Å²) in [4.78, 5) is -0.0724. The molecular formula is C13H21NO3S. The molecule has 0 amide bonds. The van der Waals surface area contributed by atoms with Crippen molar-refractivity contribution in [2.45, 2.75) is 38.1 Å². The maximum absolute atomic E-state index is 11.0. The third-order valence-corrected chi connectivity index (χ3v) is 3.61. The Morgan fingerprint density at radius 2 is 1.72 bits per heavy atom. The van der Waals surface area contributed by atoms with E-state index in [4.69, 9.17) is 4.55 Å². The molecule has 0 radical (unpaired) electrons. The highest BCUT2D eigenvalue weighted by atomic mass is 32.2. The molecule has 1 atom stereocenters. The number of benzene rings is 1. The highest BCUT2D eigenvalue weighted by Gasteiger charge is 2.19. The van der Waals surface area contributed by atoms with Crippen molar-refractivity contribution < 1.29 is 13.0 Å². The third kappa shape index (κ3) is 4.40. The number of rotatable bonds is 4. The van der Waals surface area contributed by atoms with Crippen molar-refractivity contribution in [3.63, 3.8) is 0 Å². The van der Waals surface area contributed by atoms with Gasteiger partial charge in [-0.3, -0.25) is 4.55 Å². The molecule has 0 heterocycles. The van der Waals surface area contributed by atoms with Gasteiger partial charge in [0.2, 0.25) is 0 Å². The molecule has 0 saturated heterocycles. The fraction of sp³-hybridized carbons (Fsp3) is 0.538. The zero-order valence-corrected chi connectivity index (χ0v) is 12.1. The molecule has 0 aliphatic carbocycles. The molecule has 0 fully saturated rings. The first-order valence-corrected chi connectivity index (χ1v) is 7.32. The molecule has 4 nitrogen and oxygen atoms in total. The summed E-state index contributed by atoms with van der Waals surface area (Å²) >= 11 is 0. The van der Waals surface area contributed by atoms with Crippen LogP contribution in [0.4, 0.5) is 0 Å². The second-order valence-corrected chi connectivity index (χ2v) is 7.07. The minimum atomic E-state index is -4.11. The lowest BCUT2D eigenvalue weighted by atomic mass is 9.85. The fourth-order valence-corrected chi connectivity index (χ4v) is 2.35. The maximum atomic E-state index is 11.0. The van der Waals surface area contributed by atoms with Gasteiger partial charge >= 0.3 is 0 Å². The van der Waals surface area contributed by atoms with Gasteiger partial charge in [0.15, 0.2) is 0 Å². The van der Waals surface area contributed by atoms with Crippen LogP contribution in [0.3, 0.4) is 0 Å². The second kappa shape index (κ2) is 5.38. The maximum Gasteiger partial charge on any atom is 0.294 e. The van der Waals surface area contributed by atoms with Crippen LogP contribution in [0.15, 0.2) is 29.2 Å². The van der Waals surface area contributed by atoms with Crippen LogP contribution in [-0.4, -0.2) is 20.0 Å². The summed E-state index contributed by atoms with van der Waals surface area (Å²) < 4.78 is 30.8. The molecule has 1 unspecified atom stereocenters. The summed E-state index contributed by atoms with van der Waals surface area (Å²) in [6, 6.07) is 6.49. The molecule has 0 aromatic heterocycles. The van der Waals surface area contributed by atoms with Crippen LogP contribution in [0.2, 0.25) is 0 Å². The average Bonchev–Trinajstić information content (AvgIpc) is 2.24. The monoisotopic (exact) mass is 271 g/mol. The minimum Gasteiger partial charge on any atom is -0.313 e. The number of nitrogens with one attached hydrogen (secondary N) is 1. The SMILES string of the molecule is CNC(CC(C)(C)C)c1ccc(S(=O)(=O)O)cc1. The molecule has 0 aliphatic rings. The summed E-state index contributed by atoms with van der Waals surface area (Å²) in [6.07, 6.45) is 0.939. The highest BCUT2D eigenvalue weighted by Crippen LogP contribution is 2.29. The molecule has 5 heteroatoms. The van der Waals surface area contributed by atoms with Crippen molar-refractivity contribution in [1.29, 1.82) is 0 Å². The quantitative estimate of drug-likeness (QED) is 0.826. The molecule has 1 aromatic carbocycles. The highest BCUT2D eigenvalue weighted by molar-refractivity contribution is 7.85.